The normalized spacial score (nSPS) is 14.9. The van der Waals surface area contributed by atoms with Crippen molar-refractivity contribution in [3.8, 4) is 11.1 Å². The molecular weight excluding hydrogens is 702 g/mol. The second-order valence-electron chi connectivity index (χ2n) is 14.8. The molecule has 252 valence electrons. The summed E-state index contributed by atoms with van der Waals surface area (Å²) in [6, 6.07) is 14.6. The van der Waals surface area contributed by atoms with Gasteiger partial charge in [-0.1, -0.05) is 0 Å². The van der Waals surface area contributed by atoms with Crippen LogP contribution in [-0.2, 0) is 5.41 Å². The second-order valence-corrected chi connectivity index (χ2v) is 26.4. The van der Waals surface area contributed by atoms with Gasteiger partial charge in [0.25, 0.3) is 0 Å². The summed E-state index contributed by atoms with van der Waals surface area (Å²) in [4.78, 5) is 0. The van der Waals surface area contributed by atoms with Crippen LogP contribution in [0, 0.1) is 0 Å². The van der Waals surface area contributed by atoms with Crippen LogP contribution in [0.5, 0.6) is 0 Å². The third kappa shape index (κ3) is 9.90. The van der Waals surface area contributed by atoms with Crippen molar-refractivity contribution < 1.29 is 0 Å². The SMILES string of the molecule is CCCC[PH](CCC)(CCCC)CCCC1(C[PH](CCCC)(CCCC)CCCC)c2cc(Br)ccc2-c2ccc(Br)cc21. The molecule has 4 heteroatoms. The summed E-state index contributed by atoms with van der Waals surface area (Å²) in [7, 11) is -2.82. The van der Waals surface area contributed by atoms with Crippen LogP contribution in [0.15, 0.2) is 45.3 Å². The fraction of sp³-hybridized carbons (Fsp3) is 0.700. The van der Waals surface area contributed by atoms with Crippen LogP contribution >= 0.6 is 46.4 Å². The molecule has 0 saturated carbocycles. The molecule has 0 N–H and O–H groups in total. The summed E-state index contributed by atoms with van der Waals surface area (Å²) in [6.45, 7) is 14.6. The average molecular weight is 771 g/mol. The summed E-state index contributed by atoms with van der Waals surface area (Å²) < 4.78 is 2.52. The van der Waals surface area contributed by atoms with Gasteiger partial charge >= 0.3 is 294 Å². The zero-order valence-corrected chi connectivity index (χ0v) is 34.7. The van der Waals surface area contributed by atoms with Crippen LogP contribution < -0.4 is 0 Å². The Balaban J connectivity index is 2.17. The van der Waals surface area contributed by atoms with Gasteiger partial charge in [-0.05, 0) is 0 Å². The van der Waals surface area contributed by atoms with Gasteiger partial charge in [0, 0.05) is 0 Å². The Morgan fingerprint density at radius 2 is 0.864 bits per heavy atom. The van der Waals surface area contributed by atoms with E-state index in [0.717, 1.165) is 0 Å². The molecule has 0 aliphatic heterocycles. The maximum absolute atomic E-state index is 3.97. The Morgan fingerprint density at radius 3 is 1.25 bits per heavy atom. The van der Waals surface area contributed by atoms with E-state index in [-0.39, 0.29) is 5.41 Å². The Morgan fingerprint density at radius 1 is 0.477 bits per heavy atom. The molecule has 1 aliphatic carbocycles. The molecule has 0 atom stereocenters. The van der Waals surface area contributed by atoms with Gasteiger partial charge in [-0.3, -0.25) is 0 Å². The fourth-order valence-electron chi connectivity index (χ4n) is 9.07. The van der Waals surface area contributed by atoms with Gasteiger partial charge < -0.3 is 0 Å². The minimum atomic E-state index is -1.54. The standard InChI is InChI=1S/C40H68Br2P2/c1-7-13-25-43(24-12-6,26-14-8-2)30-18-23-40(33-44(27-15-9-3,28-16-10-4)29-17-11-5)38-31-34(41)19-21-36(38)37-22-20-35(42)32-39(37)40/h19-22,31-32,43-44H,7-18,23-30,33H2,1-6H3. The maximum atomic E-state index is 3.97. The quantitative estimate of drug-likeness (QED) is 0.0988. The average Bonchev–Trinajstić information content (AvgIpc) is 3.27. The summed E-state index contributed by atoms with van der Waals surface area (Å²) >= 11 is 7.94. The number of hydrogen-bond donors (Lipinski definition) is 0. The van der Waals surface area contributed by atoms with Crippen LogP contribution in [0.4, 0.5) is 0 Å². The monoisotopic (exact) mass is 768 g/mol. The molecule has 0 bridgehead atoms. The van der Waals surface area contributed by atoms with Crippen molar-refractivity contribution in [2.45, 2.75) is 130 Å². The molecule has 44 heavy (non-hydrogen) atoms. The molecule has 0 aromatic heterocycles. The molecule has 0 heterocycles. The van der Waals surface area contributed by atoms with Gasteiger partial charge in [0.15, 0.2) is 0 Å². The van der Waals surface area contributed by atoms with Crippen molar-refractivity contribution in [2.24, 2.45) is 0 Å². The topological polar surface area (TPSA) is 0 Å². The van der Waals surface area contributed by atoms with Crippen molar-refractivity contribution in [1.82, 2.24) is 0 Å². The van der Waals surface area contributed by atoms with Crippen molar-refractivity contribution in [3.05, 3.63) is 56.5 Å². The third-order valence-corrected chi connectivity index (χ3v) is 23.7. The molecule has 0 saturated heterocycles. The number of fused-ring (bicyclic) bond motifs is 3. The summed E-state index contributed by atoms with van der Waals surface area (Å²) in [5.41, 5.74) is 6.52. The van der Waals surface area contributed by atoms with Crippen molar-refractivity contribution >= 4 is 46.4 Å². The molecule has 1 aliphatic rings. The van der Waals surface area contributed by atoms with E-state index in [4.69, 9.17) is 0 Å². The van der Waals surface area contributed by atoms with Crippen LogP contribution in [0.2, 0.25) is 0 Å². The summed E-state index contributed by atoms with van der Waals surface area (Å²) in [5.74, 6) is 0. The van der Waals surface area contributed by atoms with Crippen molar-refractivity contribution in [1.29, 1.82) is 0 Å². The minimum absolute atomic E-state index is 0.154. The molecule has 0 spiro atoms. The van der Waals surface area contributed by atoms with E-state index in [9.17, 15) is 0 Å². The van der Waals surface area contributed by atoms with Gasteiger partial charge in [0.05, 0.1) is 0 Å². The van der Waals surface area contributed by atoms with E-state index < -0.39 is 14.5 Å². The van der Waals surface area contributed by atoms with Gasteiger partial charge in [0.1, 0.15) is 0 Å². The van der Waals surface area contributed by atoms with E-state index in [1.165, 1.54) is 128 Å². The Labute approximate surface area is 292 Å². The Bertz CT molecular complexity index is 1050. The second kappa shape index (κ2) is 19.3. The fourth-order valence-corrected chi connectivity index (χ4v) is 21.9. The molecule has 0 fully saturated rings. The zero-order chi connectivity index (χ0) is 32.1. The first kappa shape index (κ1) is 38.7. The predicted octanol–water partition coefficient (Wildman–Crippen LogP) is 14.2. The van der Waals surface area contributed by atoms with E-state index in [1.807, 2.05) is 0 Å². The Hall–Kier alpha value is 0.260. The zero-order valence-electron chi connectivity index (χ0n) is 29.6. The Kier molecular flexibility index (Phi) is 17.0. The molecule has 0 unspecified atom stereocenters. The van der Waals surface area contributed by atoms with Crippen molar-refractivity contribution in [2.75, 3.05) is 49.3 Å². The molecule has 0 nitrogen and oxygen atoms in total. The van der Waals surface area contributed by atoms with E-state index in [2.05, 4.69) is 110 Å². The molecular formula is C40H68Br2P2. The van der Waals surface area contributed by atoms with E-state index >= 15 is 0 Å². The van der Waals surface area contributed by atoms with E-state index in [0.29, 0.717) is 0 Å². The number of hydrogen-bond acceptors (Lipinski definition) is 0. The first-order chi connectivity index (χ1) is 21.3. The number of unbranched alkanes of at least 4 members (excludes halogenated alkanes) is 5. The molecule has 2 aromatic carbocycles. The molecule has 0 radical (unpaired) electrons. The van der Waals surface area contributed by atoms with Crippen LogP contribution in [0.1, 0.15) is 136 Å². The first-order valence-electron chi connectivity index (χ1n) is 18.9. The van der Waals surface area contributed by atoms with Crippen LogP contribution in [0.25, 0.3) is 11.1 Å². The third-order valence-electron chi connectivity index (χ3n) is 11.4. The van der Waals surface area contributed by atoms with Gasteiger partial charge in [-0.2, -0.15) is 0 Å². The number of benzene rings is 2. The molecule has 2 aromatic rings. The van der Waals surface area contributed by atoms with Gasteiger partial charge in [-0.25, -0.2) is 0 Å². The summed E-state index contributed by atoms with van der Waals surface area (Å²) in [5, 5.41) is 0. The first-order valence-corrected chi connectivity index (χ1v) is 26.1. The van der Waals surface area contributed by atoms with Crippen LogP contribution in [0.3, 0.4) is 0 Å². The molecule has 3 rings (SSSR count). The van der Waals surface area contributed by atoms with Gasteiger partial charge in [-0.15, -0.1) is 0 Å². The van der Waals surface area contributed by atoms with Gasteiger partial charge in [0.2, 0.25) is 0 Å². The summed E-state index contributed by atoms with van der Waals surface area (Å²) in [6.07, 6.45) is 30.3. The van der Waals surface area contributed by atoms with E-state index in [1.54, 1.807) is 35.8 Å². The van der Waals surface area contributed by atoms with Crippen LogP contribution in [-0.4, -0.2) is 49.3 Å². The number of halogens is 2. The van der Waals surface area contributed by atoms with Crippen molar-refractivity contribution in [3.63, 3.8) is 0 Å². The molecule has 0 amide bonds. The number of rotatable bonds is 23. The predicted molar refractivity (Wildman–Crippen MR) is 218 cm³/mol.